The molecule has 0 atom stereocenters. The molecule has 1 heterocycles. The second kappa shape index (κ2) is 8.14. The average Bonchev–Trinajstić information content (AvgIpc) is 3.22. The van der Waals surface area contributed by atoms with Gasteiger partial charge in [0, 0.05) is 29.3 Å². The Hall–Kier alpha value is -4.20. The van der Waals surface area contributed by atoms with E-state index < -0.39 is 17.4 Å². The van der Waals surface area contributed by atoms with Gasteiger partial charge in [-0.2, -0.15) is 5.10 Å². The molecule has 162 valence electrons. The van der Waals surface area contributed by atoms with Crippen molar-refractivity contribution in [1.82, 2.24) is 9.78 Å². The Morgan fingerprint density at radius 3 is 2.31 bits per heavy atom. The first-order chi connectivity index (χ1) is 15.3. The molecule has 0 fully saturated rings. The van der Waals surface area contributed by atoms with Crippen molar-refractivity contribution in [2.75, 3.05) is 5.32 Å². The van der Waals surface area contributed by atoms with Crippen molar-refractivity contribution in [3.8, 4) is 5.69 Å². The van der Waals surface area contributed by atoms with E-state index >= 15 is 0 Å². The lowest BCUT2D eigenvalue weighted by atomic mass is 9.76. The van der Waals surface area contributed by atoms with E-state index in [1.54, 1.807) is 55.1 Å². The highest BCUT2D eigenvalue weighted by Crippen LogP contribution is 2.42. The zero-order valence-corrected chi connectivity index (χ0v) is 17.6. The highest BCUT2D eigenvalue weighted by molar-refractivity contribution is 5.78. The maximum absolute atomic E-state index is 12.4. The fourth-order valence-corrected chi connectivity index (χ4v) is 4.20. The van der Waals surface area contributed by atoms with Crippen molar-refractivity contribution < 1.29 is 14.8 Å². The predicted molar refractivity (Wildman–Crippen MR) is 121 cm³/mol. The second-order valence-corrected chi connectivity index (χ2v) is 7.78. The maximum atomic E-state index is 12.4. The minimum atomic E-state index is -1.69. The zero-order chi connectivity index (χ0) is 22.9. The SMILES string of the molecule is CC1=CC(c2ccccc2Nc2ccn(-c3ccccc3)n2)([N+](=O)[O-])C=C(C)C1C(=O)O. The first-order valence-corrected chi connectivity index (χ1v) is 10.1. The van der Waals surface area contributed by atoms with E-state index in [1.165, 1.54) is 12.2 Å². The van der Waals surface area contributed by atoms with Crippen LogP contribution in [0.15, 0.2) is 90.2 Å². The summed E-state index contributed by atoms with van der Waals surface area (Å²) in [4.78, 5) is 23.6. The molecule has 32 heavy (non-hydrogen) atoms. The van der Waals surface area contributed by atoms with Crippen molar-refractivity contribution in [2.45, 2.75) is 19.4 Å². The summed E-state index contributed by atoms with van der Waals surface area (Å²) in [6, 6.07) is 18.3. The molecule has 1 aliphatic rings. The third kappa shape index (κ3) is 3.66. The van der Waals surface area contributed by atoms with E-state index in [4.69, 9.17) is 0 Å². The van der Waals surface area contributed by atoms with E-state index in [0.717, 1.165) is 5.69 Å². The summed E-state index contributed by atoms with van der Waals surface area (Å²) < 4.78 is 1.71. The molecule has 2 aromatic carbocycles. The van der Waals surface area contributed by atoms with Gasteiger partial charge in [-0.25, -0.2) is 4.68 Å². The molecule has 0 bridgehead atoms. The third-order valence-electron chi connectivity index (χ3n) is 5.59. The highest BCUT2D eigenvalue weighted by Gasteiger charge is 2.47. The molecule has 1 aliphatic carbocycles. The molecule has 2 N–H and O–H groups in total. The van der Waals surface area contributed by atoms with E-state index in [0.29, 0.717) is 28.2 Å². The van der Waals surface area contributed by atoms with Gasteiger partial charge in [-0.05, 0) is 38.1 Å². The molecular weight excluding hydrogens is 408 g/mol. The monoisotopic (exact) mass is 430 g/mol. The second-order valence-electron chi connectivity index (χ2n) is 7.78. The van der Waals surface area contributed by atoms with Gasteiger partial charge in [-0.1, -0.05) is 41.5 Å². The van der Waals surface area contributed by atoms with Crippen molar-refractivity contribution >= 4 is 17.5 Å². The zero-order valence-electron chi connectivity index (χ0n) is 17.6. The van der Waals surface area contributed by atoms with Crippen LogP contribution in [0.25, 0.3) is 5.69 Å². The number of aliphatic carboxylic acids is 1. The Balaban J connectivity index is 1.76. The minimum Gasteiger partial charge on any atom is -0.481 e. The Bertz CT molecular complexity index is 1220. The van der Waals surface area contributed by atoms with Crippen LogP contribution in [-0.4, -0.2) is 25.8 Å². The van der Waals surface area contributed by atoms with Gasteiger partial charge < -0.3 is 10.4 Å². The van der Waals surface area contributed by atoms with Crippen molar-refractivity contribution in [2.24, 2.45) is 5.92 Å². The number of nitrogens with zero attached hydrogens (tertiary/aromatic N) is 3. The number of para-hydroxylation sites is 2. The molecule has 0 saturated heterocycles. The molecular formula is C24H22N4O4. The number of carboxylic acid groups (broad SMARTS) is 1. The molecule has 0 aliphatic heterocycles. The Labute approximate surface area is 184 Å². The van der Waals surface area contributed by atoms with E-state index in [2.05, 4.69) is 10.4 Å². The van der Waals surface area contributed by atoms with Gasteiger partial charge in [0.2, 0.25) is 0 Å². The Morgan fingerprint density at radius 1 is 1.06 bits per heavy atom. The van der Waals surface area contributed by atoms with Crippen LogP contribution in [0.5, 0.6) is 0 Å². The van der Waals surface area contributed by atoms with Gasteiger partial charge >= 0.3 is 5.97 Å². The van der Waals surface area contributed by atoms with Crippen LogP contribution in [0.2, 0.25) is 0 Å². The normalized spacial score (nSPS) is 20.2. The number of carboxylic acids is 1. The molecule has 1 aromatic heterocycles. The van der Waals surface area contributed by atoms with Crippen molar-refractivity contribution in [1.29, 1.82) is 0 Å². The van der Waals surface area contributed by atoms with Gasteiger partial charge in [0.05, 0.1) is 22.9 Å². The summed E-state index contributed by atoms with van der Waals surface area (Å²) in [6.07, 6.45) is 4.67. The number of aromatic nitrogens is 2. The molecule has 0 radical (unpaired) electrons. The quantitative estimate of drug-likeness (QED) is 0.333. The summed E-state index contributed by atoms with van der Waals surface area (Å²) in [7, 11) is 0. The van der Waals surface area contributed by atoms with Crippen LogP contribution in [0.3, 0.4) is 0 Å². The van der Waals surface area contributed by atoms with Crippen LogP contribution >= 0.6 is 0 Å². The van der Waals surface area contributed by atoms with Gasteiger partial charge in [-0.15, -0.1) is 0 Å². The molecule has 8 heteroatoms. The number of rotatable bonds is 6. The molecule has 0 spiro atoms. The topological polar surface area (TPSA) is 110 Å². The van der Waals surface area contributed by atoms with E-state index in [9.17, 15) is 20.0 Å². The number of hydrogen-bond donors (Lipinski definition) is 2. The van der Waals surface area contributed by atoms with E-state index in [-0.39, 0.29) is 4.92 Å². The average molecular weight is 430 g/mol. The van der Waals surface area contributed by atoms with Gasteiger partial charge in [0.15, 0.2) is 5.82 Å². The first kappa shape index (κ1) is 21.0. The summed E-state index contributed by atoms with van der Waals surface area (Å²) in [5.41, 5.74) is 0.978. The van der Waals surface area contributed by atoms with Crippen LogP contribution in [-0.2, 0) is 10.3 Å². The molecule has 3 aromatic rings. The predicted octanol–water partition coefficient (Wildman–Crippen LogP) is 4.69. The summed E-state index contributed by atoms with van der Waals surface area (Å²) >= 11 is 0. The van der Waals surface area contributed by atoms with Crippen LogP contribution in [0.4, 0.5) is 11.5 Å². The van der Waals surface area contributed by atoms with Crippen LogP contribution in [0, 0.1) is 16.0 Å². The Kier molecular flexibility index (Phi) is 5.36. The van der Waals surface area contributed by atoms with Crippen molar-refractivity contribution in [3.63, 3.8) is 0 Å². The number of carbonyl (C=O) groups is 1. The lowest BCUT2D eigenvalue weighted by molar-refractivity contribution is -0.549. The molecule has 4 rings (SSSR count). The summed E-state index contributed by atoms with van der Waals surface area (Å²) in [6.45, 7) is 3.23. The number of nitro groups is 1. The lowest BCUT2D eigenvalue weighted by Gasteiger charge is -2.29. The maximum Gasteiger partial charge on any atom is 0.314 e. The van der Waals surface area contributed by atoms with Crippen LogP contribution < -0.4 is 5.32 Å². The summed E-state index contributed by atoms with van der Waals surface area (Å²) in [5, 5.41) is 29.6. The first-order valence-electron chi connectivity index (χ1n) is 10.1. The van der Waals surface area contributed by atoms with Crippen LogP contribution in [0.1, 0.15) is 19.4 Å². The molecule has 0 saturated carbocycles. The fraction of sp³-hybridized carbons (Fsp3) is 0.167. The van der Waals surface area contributed by atoms with Crippen molar-refractivity contribution in [3.05, 3.63) is 106 Å². The van der Waals surface area contributed by atoms with Gasteiger partial charge in [0.25, 0.3) is 5.54 Å². The number of hydrogen-bond acceptors (Lipinski definition) is 5. The summed E-state index contributed by atoms with van der Waals surface area (Å²) in [5.74, 6) is -1.37. The van der Waals surface area contributed by atoms with Gasteiger partial charge in [0.1, 0.15) is 0 Å². The molecule has 0 amide bonds. The Morgan fingerprint density at radius 2 is 1.69 bits per heavy atom. The van der Waals surface area contributed by atoms with Gasteiger partial charge in [-0.3, -0.25) is 14.9 Å². The minimum absolute atomic E-state index is 0.388. The lowest BCUT2D eigenvalue weighted by Crippen LogP contribution is -2.37. The standard InChI is InChI=1S/C24H22N4O4/c1-16-14-24(28(31)32,15-17(2)22(16)23(29)30)19-10-6-7-11-20(19)25-21-12-13-27(26-21)18-8-4-3-5-9-18/h3-15,22H,1-2H3,(H,25,26)(H,29,30). The van der Waals surface area contributed by atoms with E-state index in [1.807, 2.05) is 30.3 Å². The largest absolute Gasteiger partial charge is 0.481 e. The number of benzene rings is 2. The highest BCUT2D eigenvalue weighted by atomic mass is 16.6. The fourth-order valence-electron chi connectivity index (χ4n) is 4.20. The number of nitrogens with one attached hydrogen (secondary N) is 1. The number of anilines is 2. The smallest absolute Gasteiger partial charge is 0.314 e. The third-order valence-corrected chi connectivity index (χ3v) is 5.59. The molecule has 8 nitrogen and oxygen atoms in total. The molecule has 0 unspecified atom stereocenters.